The molecule has 0 aliphatic rings. The standard InChI is InChI=1S/C23H42NO2.ClH/c1-4-5-6-7-8-9-10-14-17-24(18-21(2)25,19-22(3)26)20-23-15-12-11-13-16-23;/h11-13,15-16,21-22,25-26H,4-10,14,17-20H2,1-3H3;1H/q+1;/p-1. The number of aliphatic hydroxyl groups excluding tert-OH is 2. The average Bonchev–Trinajstić information content (AvgIpc) is 2.57. The van der Waals surface area contributed by atoms with Gasteiger partial charge in [-0.2, -0.15) is 0 Å². The third-order valence-corrected chi connectivity index (χ3v) is 5.15. The summed E-state index contributed by atoms with van der Waals surface area (Å²) < 4.78 is 0.773. The van der Waals surface area contributed by atoms with Crippen molar-refractivity contribution in [2.75, 3.05) is 19.6 Å². The zero-order chi connectivity index (χ0) is 19.3. The maximum Gasteiger partial charge on any atom is 0.105 e. The fourth-order valence-corrected chi connectivity index (χ4v) is 4.14. The van der Waals surface area contributed by atoms with E-state index in [2.05, 4.69) is 31.2 Å². The Bertz CT molecular complexity index is 441. The zero-order valence-electron chi connectivity index (χ0n) is 17.7. The molecular weight excluding hydrogens is 358 g/mol. The van der Waals surface area contributed by atoms with Gasteiger partial charge in [0, 0.05) is 5.56 Å². The van der Waals surface area contributed by atoms with Gasteiger partial charge < -0.3 is 27.1 Å². The summed E-state index contributed by atoms with van der Waals surface area (Å²) in [5, 5.41) is 20.2. The topological polar surface area (TPSA) is 40.5 Å². The zero-order valence-corrected chi connectivity index (χ0v) is 18.5. The van der Waals surface area contributed by atoms with E-state index in [1.54, 1.807) is 0 Å². The van der Waals surface area contributed by atoms with Crippen molar-refractivity contribution in [1.29, 1.82) is 0 Å². The maximum absolute atomic E-state index is 10.1. The Morgan fingerprint density at radius 1 is 0.778 bits per heavy atom. The lowest BCUT2D eigenvalue weighted by Gasteiger charge is -2.41. The van der Waals surface area contributed by atoms with Gasteiger partial charge in [-0.15, -0.1) is 0 Å². The molecule has 1 rings (SSSR count). The van der Waals surface area contributed by atoms with Crippen LogP contribution < -0.4 is 12.4 Å². The molecule has 2 atom stereocenters. The van der Waals surface area contributed by atoms with Gasteiger partial charge in [-0.05, 0) is 26.7 Å². The van der Waals surface area contributed by atoms with Crippen LogP contribution in [0.1, 0.15) is 77.7 Å². The lowest BCUT2D eigenvalue weighted by molar-refractivity contribution is -0.946. The van der Waals surface area contributed by atoms with E-state index in [9.17, 15) is 10.2 Å². The van der Waals surface area contributed by atoms with Crippen LogP contribution in [0.4, 0.5) is 0 Å². The van der Waals surface area contributed by atoms with Crippen molar-refractivity contribution < 1.29 is 27.1 Å². The molecule has 27 heavy (non-hydrogen) atoms. The molecule has 0 aliphatic heterocycles. The molecule has 158 valence electrons. The molecule has 2 N–H and O–H groups in total. The van der Waals surface area contributed by atoms with Gasteiger partial charge in [0.25, 0.3) is 0 Å². The second-order valence-corrected chi connectivity index (χ2v) is 8.25. The second-order valence-electron chi connectivity index (χ2n) is 8.25. The van der Waals surface area contributed by atoms with E-state index in [1.807, 2.05) is 19.9 Å². The van der Waals surface area contributed by atoms with Gasteiger partial charge in [-0.1, -0.05) is 75.8 Å². The summed E-state index contributed by atoms with van der Waals surface area (Å²) >= 11 is 0. The monoisotopic (exact) mass is 399 g/mol. The Morgan fingerprint density at radius 2 is 1.26 bits per heavy atom. The highest BCUT2D eigenvalue weighted by Gasteiger charge is 2.30. The third-order valence-electron chi connectivity index (χ3n) is 5.15. The largest absolute Gasteiger partial charge is 1.00 e. The number of rotatable bonds is 15. The molecule has 0 amide bonds. The second kappa shape index (κ2) is 15.3. The molecule has 0 radical (unpaired) electrons. The lowest BCUT2D eigenvalue weighted by atomic mass is 10.1. The van der Waals surface area contributed by atoms with Gasteiger partial charge in [-0.3, -0.25) is 0 Å². The molecule has 0 aliphatic carbocycles. The van der Waals surface area contributed by atoms with Gasteiger partial charge in [0.05, 0.1) is 6.54 Å². The van der Waals surface area contributed by atoms with Gasteiger partial charge in [-0.25, -0.2) is 0 Å². The Kier molecular flexibility index (Phi) is 15.0. The number of unbranched alkanes of at least 4 members (excludes halogenated alkanes) is 7. The summed E-state index contributed by atoms with van der Waals surface area (Å²) in [5.41, 5.74) is 1.29. The normalized spacial score (nSPS) is 15.6. The molecule has 2 unspecified atom stereocenters. The molecule has 1 aromatic rings. The van der Waals surface area contributed by atoms with Crippen molar-refractivity contribution >= 4 is 0 Å². The van der Waals surface area contributed by atoms with Crippen LogP contribution in [-0.2, 0) is 6.54 Å². The SMILES string of the molecule is CCCCCCCCCC[N+](Cc1ccccc1)(CC(C)O)CC(C)O.[Cl-]. The van der Waals surface area contributed by atoms with Crippen LogP contribution in [0.3, 0.4) is 0 Å². The minimum absolute atomic E-state index is 0. The minimum atomic E-state index is -0.355. The molecule has 0 aromatic heterocycles. The van der Waals surface area contributed by atoms with Crippen molar-refractivity contribution in [2.24, 2.45) is 0 Å². The Hall–Kier alpha value is -0.610. The highest BCUT2D eigenvalue weighted by Crippen LogP contribution is 2.20. The number of halogens is 1. The smallest absolute Gasteiger partial charge is 0.105 e. The van der Waals surface area contributed by atoms with E-state index in [1.165, 1.54) is 56.9 Å². The molecule has 0 saturated carbocycles. The molecule has 3 nitrogen and oxygen atoms in total. The fraction of sp³-hybridized carbons (Fsp3) is 0.739. The van der Waals surface area contributed by atoms with Crippen molar-refractivity contribution in [3.8, 4) is 0 Å². The Morgan fingerprint density at radius 3 is 1.74 bits per heavy atom. The van der Waals surface area contributed by atoms with Crippen LogP contribution in [0.5, 0.6) is 0 Å². The van der Waals surface area contributed by atoms with Crippen LogP contribution in [0.15, 0.2) is 30.3 Å². The van der Waals surface area contributed by atoms with Gasteiger partial charge in [0.1, 0.15) is 31.8 Å². The first kappa shape index (κ1) is 26.4. The Labute approximate surface area is 173 Å². The molecular formula is C23H42ClNO2. The van der Waals surface area contributed by atoms with Gasteiger partial charge >= 0.3 is 0 Å². The van der Waals surface area contributed by atoms with E-state index in [0.29, 0.717) is 13.1 Å². The summed E-state index contributed by atoms with van der Waals surface area (Å²) in [6.45, 7) is 9.31. The molecule has 0 saturated heterocycles. The number of benzene rings is 1. The van der Waals surface area contributed by atoms with E-state index in [-0.39, 0.29) is 24.6 Å². The molecule has 4 heteroatoms. The summed E-state index contributed by atoms with van der Waals surface area (Å²) in [5.74, 6) is 0. The van der Waals surface area contributed by atoms with Crippen molar-refractivity contribution in [3.63, 3.8) is 0 Å². The summed E-state index contributed by atoms with van der Waals surface area (Å²) in [6, 6.07) is 10.5. The number of quaternary nitrogens is 1. The molecule has 0 fully saturated rings. The quantitative estimate of drug-likeness (QED) is 0.349. The number of hydrogen-bond acceptors (Lipinski definition) is 2. The Balaban J connectivity index is 0.00000676. The van der Waals surface area contributed by atoms with Crippen LogP contribution in [0, 0.1) is 0 Å². The van der Waals surface area contributed by atoms with Crippen LogP contribution in [0.25, 0.3) is 0 Å². The fourth-order valence-electron chi connectivity index (χ4n) is 4.14. The molecule has 1 aromatic carbocycles. The predicted octanol–water partition coefficient (Wildman–Crippen LogP) is 1.91. The maximum atomic E-state index is 10.1. The van der Waals surface area contributed by atoms with Crippen LogP contribution in [0.2, 0.25) is 0 Å². The molecule has 0 spiro atoms. The van der Waals surface area contributed by atoms with E-state index < -0.39 is 0 Å². The first-order valence-corrected chi connectivity index (χ1v) is 10.7. The van der Waals surface area contributed by atoms with Gasteiger partial charge in [0.15, 0.2) is 0 Å². The lowest BCUT2D eigenvalue weighted by Crippen LogP contribution is -3.00. The minimum Gasteiger partial charge on any atom is -1.00 e. The number of aliphatic hydroxyl groups is 2. The van der Waals surface area contributed by atoms with Gasteiger partial charge in [0.2, 0.25) is 0 Å². The molecule has 0 heterocycles. The summed E-state index contributed by atoms with van der Waals surface area (Å²) in [4.78, 5) is 0. The van der Waals surface area contributed by atoms with Crippen LogP contribution >= 0.6 is 0 Å². The summed E-state index contributed by atoms with van der Waals surface area (Å²) in [7, 11) is 0. The molecule has 0 bridgehead atoms. The highest BCUT2D eigenvalue weighted by molar-refractivity contribution is 5.13. The first-order valence-electron chi connectivity index (χ1n) is 10.7. The number of hydrogen-bond donors (Lipinski definition) is 2. The highest BCUT2D eigenvalue weighted by atomic mass is 35.5. The van der Waals surface area contributed by atoms with Crippen LogP contribution in [-0.4, -0.2) is 46.5 Å². The van der Waals surface area contributed by atoms with E-state index in [0.717, 1.165) is 17.6 Å². The third kappa shape index (κ3) is 12.5. The van der Waals surface area contributed by atoms with E-state index >= 15 is 0 Å². The summed E-state index contributed by atoms with van der Waals surface area (Å²) in [6.07, 6.45) is 9.74. The predicted molar refractivity (Wildman–Crippen MR) is 111 cm³/mol. The number of nitrogens with zero attached hydrogens (tertiary/aromatic N) is 1. The average molecular weight is 400 g/mol. The van der Waals surface area contributed by atoms with Crippen molar-refractivity contribution in [1.82, 2.24) is 0 Å². The first-order chi connectivity index (χ1) is 12.5. The van der Waals surface area contributed by atoms with Crippen molar-refractivity contribution in [3.05, 3.63) is 35.9 Å². The van der Waals surface area contributed by atoms with Crippen molar-refractivity contribution in [2.45, 2.75) is 90.9 Å². The van der Waals surface area contributed by atoms with E-state index in [4.69, 9.17) is 0 Å².